The molecule has 0 amide bonds. The third-order valence-electron chi connectivity index (χ3n) is 6.57. The molecular weight excluding hydrogens is 252 g/mol. The predicted molar refractivity (Wildman–Crippen MR) is 78.0 cm³/mol. The molecule has 0 radical (unpaired) electrons. The maximum absolute atomic E-state index is 6.06. The van der Waals surface area contributed by atoms with Crippen LogP contribution in [0.5, 0.6) is 0 Å². The number of hydrogen-bond donors (Lipinski definition) is 0. The average molecular weight is 282 g/mol. The lowest BCUT2D eigenvalue weighted by Crippen LogP contribution is -2.61. The van der Waals surface area contributed by atoms with E-state index in [2.05, 4.69) is 20.8 Å². The summed E-state index contributed by atoms with van der Waals surface area (Å²) in [7, 11) is 1.75. The molecule has 3 nitrogen and oxygen atoms in total. The van der Waals surface area contributed by atoms with Crippen LogP contribution in [0.4, 0.5) is 0 Å². The summed E-state index contributed by atoms with van der Waals surface area (Å²) >= 11 is 0. The van der Waals surface area contributed by atoms with E-state index < -0.39 is 5.79 Å². The van der Waals surface area contributed by atoms with Gasteiger partial charge in [0.1, 0.15) is 5.60 Å². The van der Waals surface area contributed by atoms with Crippen molar-refractivity contribution in [2.24, 2.45) is 17.3 Å². The molecule has 3 atom stereocenters. The van der Waals surface area contributed by atoms with Gasteiger partial charge < -0.3 is 4.74 Å². The van der Waals surface area contributed by atoms with Crippen LogP contribution < -0.4 is 0 Å². The fourth-order valence-corrected chi connectivity index (χ4v) is 4.86. The maximum atomic E-state index is 6.06. The zero-order valence-corrected chi connectivity index (χ0v) is 13.5. The Morgan fingerprint density at radius 3 is 2.15 bits per heavy atom. The summed E-state index contributed by atoms with van der Waals surface area (Å²) in [4.78, 5) is 12.0. The molecule has 116 valence electrons. The van der Waals surface area contributed by atoms with E-state index in [9.17, 15) is 0 Å². The minimum absolute atomic E-state index is 0.138. The Morgan fingerprint density at radius 1 is 0.900 bits per heavy atom. The summed E-state index contributed by atoms with van der Waals surface area (Å²) in [6.07, 6.45) is 9.22. The van der Waals surface area contributed by atoms with Crippen LogP contribution in [0, 0.1) is 17.3 Å². The molecule has 20 heavy (non-hydrogen) atoms. The molecule has 0 N–H and O–H groups in total. The second-order valence-electron chi connectivity index (χ2n) is 8.00. The minimum Gasteiger partial charge on any atom is -0.351 e. The van der Waals surface area contributed by atoms with Crippen molar-refractivity contribution in [2.75, 3.05) is 7.11 Å². The van der Waals surface area contributed by atoms with Gasteiger partial charge in [-0.15, -0.1) is 0 Å². The number of hydrogen-bond acceptors (Lipinski definition) is 3. The van der Waals surface area contributed by atoms with Gasteiger partial charge >= 0.3 is 0 Å². The van der Waals surface area contributed by atoms with Gasteiger partial charge in [0.25, 0.3) is 0 Å². The lowest BCUT2D eigenvalue weighted by molar-refractivity contribution is -0.485. The van der Waals surface area contributed by atoms with Crippen LogP contribution in [0.3, 0.4) is 0 Å². The first-order chi connectivity index (χ1) is 9.42. The topological polar surface area (TPSA) is 27.7 Å². The largest absolute Gasteiger partial charge is 0.351 e. The van der Waals surface area contributed by atoms with Gasteiger partial charge in [-0.25, -0.2) is 9.78 Å². The summed E-state index contributed by atoms with van der Waals surface area (Å²) in [6.45, 7) is 7.01. The van der Waals surface area contributed by atoms with Gasteiger partial charge in [-0.2, -0.15) is 0 Å². The van der Waals surface area contributed by atoms with Crippen molar-refractivity contribution in [2.45, 2.75) is 83.5 Å². The van der Waals surface area contributed by atoms with Crippen LogP contribution in [0.2, 0.25) is 0 Å². The van der Waals surface area contributed by atoms with Crippen molar-refractivity contribution >= 4 is 0 Å². The standard InChI is InChI=1S/C17H30O3/c1-15(2)13-8-11-16(3,14(15)12-13)19-20-17(18-4)9-6-5-7-10-17/h13-14H,5-12H2,1-4H3. The Morgan fingerprint density at radius 2 is 1.60 bits per heavy atom. The van der Waals surface area contributed by atoms with E-state index in [4.69, 9.17) is 14.5 Å². The monoisotopic (exact) mass is 282 g/mol. The number of ether oxygens (including phenoxy) is 1. The highest BCUT2D eigenvalue weighted by atomic mass is 17.2. The van der Waals surface area contributed by atoms with Crippen molar-refractivity contribution in [3.8, 4) is 0 Å². The maximum Gasteiger partial charge on any atom is 0.201 e. The number of fused-ring (bicyclic) bond motifs is 2. The van der Waals surface area contributed by atoms with Crippen LogP contribution in [0.15, 0.2) is 0 Å². The highest BCUT2D eigenvalue weighted by Crippen LogP contribution is 2.63. The number of methoxy groups -OCH3 is 1. The quantitative estimate of drug-likeness (QED) is 0.433. The number of rotatable bonds is 4. The highest BCUT2D eigenvalue weighted by Gasteiger charge is 2.61. The molecule has 0 saturated heterocycles. The first-order valence-corrected chi connectivity index (χ1v) is 8.34. The van der Waals surface area contributed by atoms with Crippen molar-refractivity contribution < 1.29 is 14.5 Å². The molecule has 3 heteroatoms. The molecule has 0 aromatic rings. The van der Waals surface area contributed by atoms with Crippen LogP contribution >= 0.6 is 0 Å². The molecule has 4 rings (SSSR count). The van der Waals surface area contributed by atoms with Crippen LogP contribution in [0.25, 0.3) is 0 Å². The molecule has 0 heterocycles. The summed E-state index contributed by atoms with van der Waals surface area (Å²) in [6, 6.07) is 0. The van der Waals surface area contributed by atoms with Gasteiger partial charge in [0.05, 0.1) is 0 Å². The summed E-state index contributed by atoms with van der Waals surface area (Å²) < 4.78 is 5.67. The summed E-state index contributed by atoms with van der Waals surface area (Å²) in [5.41, 5.74) is 0.268. The van der Waals surface area contributed by atoms with Gasteiger partial charge in [-0.05, 0) is 56.3 Å². The fourth-order valence-electron chi connectivity index (χ4n) is 4.86. The minimum atomic E-state index is -0.494. The molecule has 0 spiro atoms. The zero-order chi connectivity index (χ0) is 14.4. The Hall–Kier alpha value is -0.120. The second-order valence-corrected chi connectivity index (χ2v) is 8.00. The fraction of sp³-hybridized carbons (Fsp3) is 1.00. The van der Waals surface area contributed by atoms with E-state index in [1.807, 2.05) is 0 Å². The Bertz CT molecular complexity index is 357. The second kappa shape index (κ2) is 4.96. The summed E-state index contributed by atoms with van der Waals surface area (Å²) in [5, 5.41) is 0. The Kier molecular flexibility index (Phi) is 3.67. The molecule has 4 aliphatic carbocycles. The lowest BCUT2D eigenvalue weighted by atomic mass is 9.44. The third kappa shape index (κ3) is 2.22. The normalized spacial score (nSPS) is 42.0. The van der Waals surface area contributed by atoms with E-state index in [1.165, 1.54) is 32.1 Å². The molecule has 4 fully saturated rings. The van der Waals surface area contributed by atoms with Gasteiger partial charge in [0, 0.05) is 20.0 Å². The molecule has 4 saturated carbocycles. The SMILES string of the molecule is COC1(OOC2(C)CCC3CC2C3(C)C)CCCCC1. The smallest absolute Gasteiger partial charge is 0.201 e. The van der Waals surface area contributed by atoms with Crippen molar-refractivity contribution in [1.82, 2.24) is 0 Å². The predicted octanol–water partition coefficient (Wildman–Crippen LogP) is 4.46. The van der Waals surface area contributed by atoms with Crippen LogP contribution in [0.1, 0.15) is 72.1 Å². The molecular formula is C17H30O3. The van der Waals surface area contributed by atoms with E-state index in [0.29, 0.717) is 11.3 Å². The van der Waals surface area contributed by atoms with Crippen molar-refractivity contribution in [3.05, 3.63) is 0 Å². The highest BCUT2D eigenvalue weighted by molar-refractivity contribution is 5.09. The molecule has 0 aliphatic heterocycles. The average Bonchev–Trinajstić information content (AvgIpc) is 2.46. The summed E-state index contributed by atoms with van der Waals surface area (Å²) in [5.74, 6) is 1.01. The van der Waals surface area contributed by atoms with Gasteiger partial charge in [-0.1, -0.05) is 20.3 Å². The van der Waals surface area contributed by atoms with Gasteiger partial charge in [0.2, 0.25) is 5.79 Å². The molecule has 0 aromatic carbocycles. The first-order valence-electron chi connectivity index (χ1n) is 8.34. The van der Waals surface area contributed by atoms with E-state index in [-0.39, 0.29) is 5.60 Å². The van der Waals surface area contributed by atoms with E-state index in [1.54, 1.807) is 7.11 Å². The van der Waals surface area contributed by atoms with E-state index in [0.717, 1.165) is 25.2 Å². The van der Waals surface area contributed by atoms with Crippen molar-refractivity contribution in [1.29, 1.82) is 0 Å². The zero-order valence-electron chi connectivity index (χ0n) is 13.5. The van der Waals surface area contributed by atoms with Gasteiger partial charge in [-0.3, -0.25) is 0 Å². The molecule has 3 unspecified atom stereocenters. The van der Waals surface area contributed by atoms with Crippen LogP contribution in [-0.2, 0) is 14.5 Å². The van der Waals surface area contributed by atoms with E-state index >= 15 is 0 Å². The molecule has 4 aliphatic rings. The van der Waals surface area contributed by atoms with Crippen molar-refractivity contribution in [3.63, 3.8) is 0 Å². The van der Waals surface area contributed by atoms with Crippen LogP contribution in [-0.4, -0.2) is 18.5 Å². The lowest BCUT2D eigenvalue weighted by Gasteiger charge is -2.63. The van der Waals surface area contributed by atoms with Gasteiger partial charge in [0.15, 0.2) is 0 Å². The Labute approximate surface area is 123 Å². The molecule has 2 bridgehead atoms. The molecule has 0 aromatic heterocycles. The first kappa shape index (κ1) is 14.8. The Balaban J connectivity index is 1.65. The third-order valence-corrected chi connectivity index (χ3v) is 6.57.